The van der Waals surface area contributed by atoms with Gasteiger partial charge < -0.3 is 15.0 Å². The van der Waals surface area contributed by atoms with Gasteiger partial charge in [0.1, 0.15) is 0 Å². The Bertz CT molecular complexity index is 570. The van der Waals surface area contributed by atoms with Gasteiger partial charge >= 0.3 is 6.03 Å². The minimum absolute atomic E-state index is 0.0400. The first-order valence-electron chi connectivity index (χ1n) is 8.62. The lowest BCUT2D eigenvalue weighted by molar-refractivity contribution is -0.0694. The average Bonchev–Trinajstić information content (AvgIpc) is 3.02. The Morgan fingerprint density at radius 2 is 2.00 bits per heavy atom. The highest BCUT2D eigenvalue weighted by molar-refractivity contribution is 5.89. The van der Waals surface area contributed by atoms with Crippen molar-refractivity contribution in [3.05, 3.63) is 29.3 Å². The number of aryl methyl sites for hydroxylation is 2. The summed E-state index contributed by atoms with van der Waals surface area (Å²) in [4.78, 5) is 14.7. The van der Waals surface area contributed by atoms with Gasteiger partial charge in [-0.1, -0.05) is 18.9 Å². The van der Waals surface area contributed by atoms with E-state index in [0.29, 0.717) is 13.2 Å². The first kappa shape index (κ1) is 14.1. The molecule has 2 fully saturated rings. The highest BCUT2D eigenvalue weighted by Gasteiger charge is 2.36. The number of urea groups is 1. The lowest BCUT2D eigenvalue weighted by Crippen LogP contribution is -2.55. The second-order valence-electron chi connectivity index (χ2n) is 6.72. The Morgan fingerprint density at radius 3 is 2.95 bits per heavy atom. The van der Waals surface area contributed by atoms with Gasteiger partial charge in [-0.25, -0.2) is 4.79 Å². The van der Waals surface area contributed by atoms with Gasteiger partial charge in [0.15, 0.2) is 0 Å². The molecule has 0 radical (unpaired) electrons. The van der Waals surface area contributed by atoms with Crippen LogP contribution in [0.2, 0.25) is 0 Å². The van der Waals surface area contributed by atoms with E-state index in [1.807, 2.05) is 11.0 Å². The van der Waals surface area contributed by atoms with Gasteiger partial charge in [0.05, 0.1) is 18.8 Å². The molecule has 1 heterocycles. The summed E-state index contributed by atoms with van der Waals surface area (Å²) in [7, 11) is 0. The largest absolute Gasteiger partial charge is 0.374 e. The molecule has 4 rings (SSSR count). The fraction of sp³-hybridized carbons (Fsp3) is 0.611. The summed E-state index contributed by atoms with van der Waals surface area (Å²) < 4.78 is 5.85. The lowest BCUT2D eigenvalue weighted by atomic mass is 9.90. The minimum Gasteiger partial charge on any atom is -0.374 e. The zero-order valence-corrected chi connectivity index (χ0v) is 13.0. The normalized spacial score (nSPS) is 27.2. The number of hydrogen-bond donors (Lipinski definition) is 1. The fourth-order valence-electron chi connectivity index (χ4n) is 4.19. The highest BCUT2D eigenvalue weighted by Crippen LogP contribution is 2.29. The number of amides is 2. The van der Waals surface area contributed by atoms with Gasteiger partial charge in [0.2, 0.25) is 0 Å². The average molecular weight is 300 g/mol. The van der Waals surface area contributed by atoms with E-state index in [1.54, 1.807) is 0 Å². The maximum atomic E-state index is 12.7. The molecule has 22 heavy (non-hydrogen) atoms. The van der Waals surface area contributed by atoms with Gasteiger partial charge in [-0.3, -0.25) is 0 Å². The Labute approximate surface area is 131 Å². The fourth-order valence-corrected chi connectivity index (χ4v) is 4.19. The van der Waals surface area contributed by atoms with Crippen LogP contribution in [-0.2, 0) is 17.6 Å². The molecular weight excluding hydrogens is 276 g/mol. The molecule has 1 aromatic rings. The maximum Gasteiger partial charge on any atom is 0.322 e. The van der Waals surface area contributed by atoms with Crippen molar-refractivity contribution < 1.29 is 9.53 Å². The molecule has 4 nitrogen and oxygen atoms in total. The van der Waals surface area contributed by atoms with Gasteiger partial charge in [-0.15, -0.1) is 0 Å². The molecule has 0 aromatic heterocycles. The summed E-state index contributed by atoms with van der Waals surface area (Å²) in [5.74, 6) is 0. The number of nitrogens with zero attached hydrogens (tertiary/aromatic N) is 1. The number of morpholine rings is 1. The molecule has 1 aliphatic heterocycles. The van der Waals surface area contributed by atoms with Crippen molar-refractivity contribution in [2.24, 2.45) is 0 Å². The number of rotatable bonds is 1. The second kappa shape index (κ2) is 5.92. The van der Waals surface area contributed by atoms with Crippen molar-refractivity contribution in [2.45, 2.75) is 57.1 Å². The van der Waals surface area contributed by atoms with E-state index in [-0.39, 0.29) is 18.2 Å². The van der Waals surface area contributed by atoms with Crippen LogP contribution in [0.4, 0.5) is 10.5 Å². The van der Waals surface area contributed by atoms with E-state index >= 15 is 0 Å². The molecule has 2 amide bonds. The molecule has 3 aliphatic rings. The van der Waals surface area contributed by atoms with Gasteiger partial charge in [0, 0.05) is 12.2 Å². The molecule has 1 N–H and O–H groups in total. The van der Waals surface area contributed by atoms with E-state index < -0.39 is 0 Å². The third-order valence-corrected chi connectivity index (χ3v) is 5.34. The highest BCUT2D eigenvalue weighted by atomic mass is 16.5. The predicted molar refractivity (Wildman–Crippen MR) is 86.2 cm³/mol. The molecule has 4 heteroatoms. The number of carbonyl (C=O) groups excluding carboxylic acids is 1. The number of anilines is 1. The zero-order chi connectivity index (χ0) is 14.9. The van der Waals surface area contributed by atoms with E-state index in [9.17, 15) is 4.79 Å². The Kier molecular flexibility index (Phi) is 3.78. The van der Waals surface area contributed by atoms with Crippen LogP contribution in [0.15, 0.2) is 18.2 Å². The molecule has 0 bridgehead atoms. The standard InChI is InChI=1S/C18H24N2O2/c21-18(19-15-9-8-13-4-3-5-14(13)12-15)20-10-11-22-17-7-2-1-6-16(17)20/h8-9,12,16-17H,1-7,10-11H2,(H,19,21)/t16-,17+/m1/s1. The Hall–Kier alpha value is -1.55. The molecule has 2 atom stereocenters. The van der Waals surface area contributed by atoms with E-state index in [4.69, 9.17) is 4.74 Å². The van der Waals surface area contributed by atoms with Crippen LogP contribution in [0, 0.1) is 0 Å². The van der Waals surface area contributed by atoms with Crippen LogP contribution in [0.5, 0.6) is 0 Å². The number of fused-ring (bicyclic) bond motifs is 2. The van der Waals surface area contributed by atoms with Crippen LogP contribution < -0.4 is 5.32 Å². The topological polar surface area (TPSA) is 41.6 Å². The summed E-state index contributed by atoms with van der Waals surface area (Å²) in [5.41, 5.74) is 3.77. The summed E-state index contributed by atoms with van der Waals surface area (Å²) >= 11 is 0. The van der Waals surface area contributed by atoms with Crippen molar-refractivity contribution in [2.75, 3.05) is 18.5 Å². The number of ether oxygens (including phenoxy) is 1. The second-order valence-corrected chi connectivity index (χ2v) is 6.72. The van der Waals surface area contributed by atoms with Crippen LogP contribution in [-0.4, -0.2) is 36.2 Å². The molecule has 1 saturated carbocycles. The van der Waals surface area contributed by atoms with Crippen LogP contribution in [0.25, 0.3) is 0 Å². The van der Waals surface area contributed by atoms with Crippen molar-refractivity contribution in [1.82, 2.24) is 4.90 Å². The first-order valence-corrected chi connectivity index (χ1v) is 8.62. The predicted octanol–water partition coefficient (Wildman–Crippen LogP) is 3.35. The van der Waals surface area contributed by atoms with Gasteiger partial charge in [0.25, 0.3) is 0 Å². The summed E-state index contributed by atoms with van der Waals surface area (Å²) in [6.45, 7) is 1.37. The van der Waals surface area contributed by atoms with Crippen LogP contribution in [0.3, 0.4) is 0 Å². The van der Waals surface area contributed by atoms with Gasteiger partial charge in [-0.2, -0.15) is 0 Å². The van der Waals surface area contributed by atoms with E-state index in [0.717, 1.165) is 24.9 Å². The molecule has 0 unspecified atom stereocenters. The molecule has 118 valence electrons. The molecule has 2 aliphatic carbocycles. The zero-order valence-electron chi connectivity index (χ0n) is 13.0. The first-order chi connectivity index (χ1) is 10.8. The van der Waals surface area contributed by atoms with E-state index in [2.05, 4.69) is 17.4 Å². The van der Waals surface area contributed by atoms with Crippen molar-refractivity contribution in [3.63, 3.8) is 0 Å². The number of hydrogen-bond acceptors (Lipinski definition) is 2. The number of carbonyl (C=O) groups is 1. The number of nitrogens with one attached hydrogen (secondary N) is 1. The number of benzene rings is 1. The summed E-state index contributed by atoms with van der Waals surface area (Å²) in [6.07, 6.45) is 8.38. The monoisotopic (exact) mass is 300 g/mol. The molecule has 0 spiro atoms. The molecular formula is C18H24N2O2. The molecule has 1 aromatic carbocycles. The summed E-state index contributed by atoms with van der Waals surface area (Å²) in [6, 6.07) is 6.66. The third-order valence-electron chi connectivity index (χ3n) is 5.34. The van der Waals surface area contributed by atoms with E-state index in [1.165, 1.54) is 36.8 Å². The SMILES string of the molecule is O=C(Nc1ccc2c(c1)CCC2)N1CCO[C@H]2CCCC[C@H]21. The van der Waals surface area contributed by atoms with Gasteiger partial charge in [-0.05, 0) is 55.4 Å². The molecule has 1 saturated heterocycles. The lowest BCUT2D eigenvalue weighted by Gasteiger charge is -2.43. The Morgan fingerprint density at radius 1 is 1.14 bits per heavy atom. The maximum absolute atomic E-state index is 12.7. The van der Waals surface area contributed by atoms with Crippen LogP contribution >= 0.6 is 0 Å². The van der Waals surface area contributed by atoms with Crippen molar-refractivity contribution >= 4 is 11.7 Å². The summed E-state index contributed by atoms with van der Waals surface area (Å²) in [5, 5.41) is 3.11. The third kappa shape index (κ3) is 2.60. The Balaban J connectivity index is 1.47. The van der Waals surface area contributed by atoms with Crippen LogP contribution in [0.1, 0.15) is 43.2 Å². The minimum atomic E-state index is 0.0400. The van der Waals surface area contributed by atoms with Crippen molar-refractivity contribution in [1.29, 1.82) is 0 Å². The smallest absolute Gasteiger partial charge is 0.322 e. The van der Waals surface area contributed by atoms with Crippen molar-refractivity contribution in [3.8, 4) is 0 Å². The quantitative estimate of drug-likeness (QED) is 0.864.